The zero-order chi connectivity index (χ0) is 15.7. The van der Waals surface area contributed by atoms with E-state index in [2.05, 4.69) is 0 Å². The van der Waals surface area contributed by atoms with Crippen molar-refractivity contribution in [3.05, 3.63) is 47.3 Å². The third-order valence-electron chi connectivity index (χ3n) is 3.76. The Labute approximate surface area is 128 Å². The van der Waals surface area contributed by atoms with Crippen LogP contribution < -0.4 is 0 Å². The lowest BCUT2D eigenvalue weighted by atomic mass is 10.2. The van der Waals surface area contributed by atoms with E-state index in [-0.39, 0.29) is 11.8 Å². The first-order chi connectivity index (χ1) is 10.5. The van der Waals surface area contributed by atoms with E-state index in [1.165, 1.54) is 0 Å². The molecule has 116 valence electrons. The maximum absolute atomic E-state index is 12.3. The van der Waals surface area contributed by atoms with E-state index >= 15 is 0 Å². The van der Waals surface area contributed by atoms with Gasteiger partial charge in [0.15, 0.2) is 11.5 Å². The van der Waals surface area contributed by atoms with Crippen molar-refractivity contribution in [2.75, 3.05) is 26.2 Å². The van der Waals surface area contributed by atoms with Gasteiger partial charge >= 0.3 is 0 Å². The maximum atomic E-state index is 12.3. The molecule has 2 amide bonds. The number of nitrogens with zero attached hydrogens (tertiary/aromatic N) is 2. The highest BCUT2D eigenvalue weighted by Crippen LogP contribution is 2.15. The normalized spacial score (nSPS) is 15.2. The van der Waals surface area contributed by atoms with Gasteiger partial charge in [-0.1, -0.05) is 0 Å². The second-order valence-corrected chi connectivity index (χ2v) is 5.40. The number of piperazine rings is 1. The number of rotatable bonds is 2. The largest absolute Gasteiger partial charge is 0.456 e. The van der Waals surface area contributed by atoms with Crippen LogP contribution in [-0.4, -0.2) is 47.8 Å². The molecular weight excluding hydrogens is 284 g/mol. The number of furan rings is 2. The Balaban J connectivity index is 1.60. The van der Waals surface area contributed by atoms with Crippen molar-refractivity contribution >= 4 is 11.8 Å². The number of amides is 2. The highest BCUT2D eigenvalue weighted by Gasteiger charge is 2.27. The van der Waals surface area contributed by atoms with Gasteiger partial charge in [-0.15, -0.1) is 0 Å². The van der Waals surface area contributed by atoms with Crippen LogP contribution in [0.25, 0.3) is 0 Å². The molecule has 22 heavy (non-hydrogen) atoms. The molecule has 0 aliphatic carbocycles. The van der Waals surface area contributed by atoms with Crippen molar-refractivity contribution in [1.82, 2.24) is 9.80 Å². The molecule has 0 atom stereocenters. The maximum Gasteiger partial charge on any atom is 0.289 e. The number of hydrogen-bond donors (Lipinski definition) is 0. The van der Waals surface area contributed by atoms with Crippen molar-refractivity contribution in [3.63, 3.8) is 0 Å². The molecule has 1 aliphatic heterocycles. The Kier molecular flexibility index (Phi) is 3.75. The summed E-state index contributed by atoms with van der Waals surface area (Å²) in [7, 11) is 0. The molecular formula is C16H18N2O4. The fraction of sp³-hybridized carbons (Fsp3) is 0.375. The second-order valence-electron chi connectivity index (χ2n) is 5.40. The van der Waals surface area contributed by atoms with Gasteiger partial charge in [0, 0.05) is 26.2 Å². The Morgan fingerprint density at radius 3 is 1.41 bits per heavy atom. The van der Waals surface area contributed by atoms with Gasteiger partial charge in [-0.3, -0.25) is 9.59 Å². The van der Waals surface area contributed by atoms with Gasteiger partial charge in [-0.2, -0.15) is 0 Å². The van der Waals surface area contributed by atoms with Crippen molar-refractivity contribution in [1.29, 1.82) is 0 Å². The van der Waals surface area contributed by atoms with Gasteiger partial charge < -0.3 is 18.6 Å². The van der Waals surface area contributed by atoms with Crippen LogP contribution in [0.5, 0.6) is 0 Å². The molecule has 6 nitrogen and oxygen atoms in total. The molecule has 1 fully saturated rings. The van der Waals surface area contributed by atoms with Gasteiger partial charge in [0.05, 0.1) is 0 Å². The molecule has 0 spiro atoms. The molecule has 2 aromatic heterocycles. The highest BCUT2D eigenvalue weighted by atomic mass is 16.4. The summed E-state index contributed by atoms with van der Waals surface area (Å²) >= 11 is 0. The Morgan fingerprint density at radius 1 is 0.773 bits per heavy atom. The van der Waals surface area contributed by atoms with Crippen LogP contribution in [-0.2, 0) is 0 Å². The first kappa shape index (κ1) is 14.4. The zero-order valence-corrected chi connectivity index (χ0v) is 12.7. The fourth-order valence-corrected chi connectivity index (χ4v) is 2.52. The van der Waals surface area contributed by atoms with E-state index < -0.39 is 0 Å². The lowest BCUT2D eigenvalue weighted by molar-refractivity contribution is 0.0501. The van der Waals surface area contributed by atoms with Crippen LogP contribution in [0.15, 0.2) is 33.1 Å². The minimum absolute atomic E-state index is 0.131. The van der Waals surface area contributed by atoms with E-state index in [0.29, 0.717) is 49.2 Å². The van der Waals surface area contributed by atoms with E-state index in [0.717, 1.165) is 0 Å². The summed E-state index contributed by atoms with van der Waals surface area (Å²) in [6, 6.07) is 6.90. The third-order valence-corrected chi connectivity index (χ3v) is 3.76. The molecule has 0 saturated carbocycles. The number of hydrogen-bond acceptors (Lipinski definition) is 4. The van der Waals surface area contributed by atoms with Gasteiger partial charge in [0.2, 0.25) is 0 Å². The van der Waals surface area contributed by atoms with Crippen LogP contribution in [0.1, 0.15) is 32.6 Å². The van der Waals surface area contributed by atoms with Crippen molar-refractivity contribution in [2.45, 2.75) is 13.8 Å². The van der Waals surface area contributed by atoms with Crippen LogP contribution in [0.3, 0.4) is 0 Å². The minimum atomic E-state index is -0.131. The van der Waals surface area contributed by atoms with Crippen molar-refractivity contribution in [3.8, 4) is 0 Å². The molecule has 1 aliphatic rings. The summed E-state index contributed by atoms with van der Waals surface area (Å²) < 4.78 is 10.7. The van der Waals surface area contributed by atoms with Crippen LogP contribution >= 0.6 is 0 Å². The number of carbonyl (C=O) groups is 2. The molecule has 3 heterocycles. The first-order valence-electron chi connectivity index (χ1n) is 7.26. The molecule has 0 unspecified atom stereocenters. The second kappa shape index (κ2) is 5.71. The molecule has 0 bridgehead atoms. The Hall–Kier alpha value is -2.50. The molecule has 1 saturated heterocycles. The molecule has 2 aromatic rings. The molecule has 0 aromatic carbocycles. The van der Waals surface area contributed by atoms with Crippen LogP contribution in [0.4, 0.5) is 0 Å². The molecule has 6 heteroatoms. The molecule has 0 N–H and O–H groups in total. The molecule has 0 radical (unpaired) electrons. The zero-order valence-electron chi connectivity index (χ0n) is 12.7. The number of aryl methyl sites for hydroxylation is 2. The average Bonchev–Trinajstić information content (AvgIpc) is 3.14. The van der Waals surface area contributed by atoms with Crippen molar-refractivity contribution in [2.24, 2.45) is 0 Å². The van der Waals surface area contributed by atoms with E-state index in [1.807, 2.05) is 0 Å². The number of carbonyl (C=O) groups excluding carboxylic acids is 2. The Morgan fingerprint density at radius 2 is 1.14 bits per heavy atom. The van der Waals surface area contributed by atoms with Gasteiger partial charge in [-0.05, 0) is 38.1 Å². The Bertz CT molecular complexity index is 632. The fourth-order valence-electron chi connectivity index (χ4n) is 2.52. The topological polar surface area (TPSA) is 66.9 Å². The standard InChI is InChI=1S/C16H18N2O4/c1-11-3-5-13(21-11)15(19)17-7-9-18(10-8-17)16(20)14-6-4-12(2)22-14/h3-6H,7-10H2,1-2H3. The highest BCUT2D eigenvalue weighted by molar-refractivity contribution is 5.93. The summed E-state index contributed by atoms with van der Waals surface area (Å²) in [5.74, 6) is 1.86. The average molecular weight is 302 g/mol. The SMILES string of the molecule is Cc1ccc(C(=O)N2CCN(C(=O)c3ccc(C)o3)CC2)o1. The lowest BCUT2D eigenvalue weighted by Gasteiger charge is -2.33. The third kappa shape index (κ3) is 2.77. The summed E-state index contributed by atoms with van der Waals surface area (Å²) in [6.07, 6.45) is 0. The van der Waals surface area contributed by atoms with Gasteiger partial charge in [-0.25, -0.2) is 0 Å². The lowest BCUT2D eigenvalue weighted by Crippen LogP contribution is -2.50. The van der Waals surface area contributed by atoms with Crippen molar-refractivity contribution < 1.29 is 18.4 Å². The smallest absolute Gasteiger partial charge is 0.289 e. The van der Waals surface area contributed by atoms with E-state index in [4.69, 9.17) is 8.83 Å². The summed E-state index contributed by atoms with van der Waals surface area (Å²) in [5, 5.41) is 0. The van der Waals surface area contributed by atoms with Crippen LogP contribution in [0.2, 0.25) is 0 Å². The van der Waals surface area contributed by atoms with E-state index in [1.54, 1.807) is 47.9 Å². The predicted octanol–water partition coefficient (Wildman–Crippen LogP) is 2.09. The monoisotopic (exact) mass is 302 g/mol. The van der Waals surface area contributed by atoms with Gasteiger partial charge in [0.25, 0.3) is 11.8 Å². The quantitative estimate of drug-likeness (QED) is 0.852. The molecule has 3 rings (SSSR count). The first-order valence-corrected chi connectivity index (χ1v) is 7.26. The summed E-state index contributed by atoms with van der Waals surface area (Å²) in [5.41, 5.74) is 0. The van der Waals surface area contributed by atoms with E-state index in [9.17, 15) is 9.59 Å². The predicted molar refractivity (Wildman–Crippen MR) is 78.7 cm³/mol. The summed E-state index contributed by atoms with van der Waals surface area (Å²) in [4.78, 5) is 28.0. The van der Waals surface area contributed by atoms with Gasteiger partial charge in [0.1, 0.15) is 11.5 Å². The summed E-state index contributed by atoms with van der Waals surface area (Å²) in [6.45, 7) is 5.57. The minimum Gasteiger partial charge on any atom is -0.456 e. The van der Waals surface area contributed by atoms with Crippen LogP contribution in [0, 0.1) is 13.8 Å².